The quantitative estimate of drug-likeness (QED) is 0.555. The highest BCUT2D eigenvalue weighted by Crippen LogP contribution is 2.31. The lowest BCUT2D eigenvalue weighted by atomic mass is 10.2. The van der Waals surface area contributed by atoms with Crippen molar-refractivity contribution in [3.63, 3.8) is 0 Å². The van der Waals surface area contributed by atoms with Crippen molar-refractivity contribution in [2.75, 3.05) is 40.5 Å². The monoisotopic (exact) mass is 443 g/mol. The Bertz CT molecular complexity index is 858. The standard InChI is InChI=1S/C19H29N3O7S/c1-13(2)11-20-18(23)19(24)21-12-17-22(8-5-9-29-17)30(25,26)14-6-7-15(27-3)16(10-14)28-4/h6-7,10,13,17H,5,8-9,11-12H2,1-4H3,(H,20,23)(H,21,24)/t17-/m0/s1. The molecule has 0 bridgehead atoms. The van der Waals surface area contributed by atoms with E-state index >= 15 is 0 Å². The van der Waals surface area contributed by atoms with Gasteiger partial charge in [-0.3, -0.25) is 9.59 Å². The first-order valence-corrected chi connectivity index (χ1v) is 11.1. The van der Waals surface area contributed by atoms with Crippen molar-refractivity contribution in [1.29, 1.82) is 0 Å². The molecule has 0 radical (unpaired) electrons. The number of carbonyl (C=O) groups excluding carboxylic acids is 2. The van der Waals surface area contributed by atoms with Crippen LogP contribution in [0.1, 0.15) is 20.3 Å². The first kappa shape index (κ1) is 23.9. The SMILES string of the molecule is COc1ccc(S(=O)(=O)N2CCCO[C@H]2CNC(=O)C(=O)NCC(C)C)cc1OC. The number of nitrogens with one attached hydrogen (secondary N) is 2. The maximum absolute atomic E-state index is 13.2. The molecule has 1 fully saturated rings. The van der Waals surface area contributed by atoms with E-state index in [9.17, 15) is 18.0 Å². The lowest BCUT2D eigenvalue weighted by molar-refractivity contribution is -0.140. The summed E-state index contributed by atoms with van der Waals surface area (Å²) in [4.78, 5) is 23.8. The Morgan fingerprint density at radius 1 is 1.17 bits per heavy atom. The van der Waals surface area contributed by atoms with E-state index in [-0.39, 0.29) is 29.7 Å². The topological polar surface area (TPSA) is 123 Å². The predicted octanol–water partition coefficient (Wildman–Crippen LogP) is 0.329. The van der Waals surface area contributed by atoms with Crippen LogP contribution in [0.5, 0.6) is 11.5 Å². The molecule has 0 spiro atoms. The number of rotatable bonds is 8. The third-order valence-corrected chi connectivity index (χ3v) is 6.32. The molecule has 10 nitrogen and oxygen atoms in total. The molecule has 0 saturated carbocycles. The van der Waals surface area contributed by atoms with Gasteiger partial charge in [-0.2, -0.15) is 4.31 Å². The van der Waals surface area contributed by atoms with Crippen LogP contribution in [0.15, 0.2) is 23.1 Å². The van der Waals surface area contributed by atoms with Gasteiger partial charge in [-0.05, 0) is 24.5 Å². The van der Waals surface area contributed by atoms with Gasteiger partial charge >= 0.3 is 11.8 Å². The van der Waals surface area contributed by atoms with Crippen LogP contribution < -0.4 is 20.1 Å². The third-order valence-electron chi connectivity index (χ3n) is 4.43. The van der Waals surface area contributed by atoms with E-state index in [2.05, 4.69) is 10.6 Å². The zero-order valence-electron chi connectivity index (χ0n) is 17.6. The molecule has 0 aliphatic carbocycles. The Balaban J connectivity index is 2.12. The highest BCUT2D eigenvalue weighted by Gasteiger charge is 2.35. The van der Waals surface area contributed by atoms with Crippen LogP contribution in [-0.2, 0) is 24.3 Å². The maximum atomic E-state index is 13.2. The minimum Gasteiger partial charge on any atom is -0.493 e. The van der Waals surface area contributed by atoms with Crippen LogP contribution in [0.2, 0.25) is 0 Å². The molecule has 2 N–H and O–H groups in total. The van der Waals surface area contributed by atoms with Crippen molar-refractivity contribution in [3.05, 3.63) is 18.2 Å². The van der Waals surface area contributed by atoms with E-state index in [4.69, 9.17) is 14.2 Å². The van der Waals surface area contributed by atoms with E-state index < -0.39 is 28.1 Å². The molecule has 1 atom stereocenters. The van der Waals surface area contributed by atoms with Crippen molar-refractivity contribution in [1.82, 2.24) is 14.9 Å². The zero-order valence-corrected chi connectivity index (χ0v) is 18.5. The van der Waals surface area contributed by atoms with E-state index in [1.165, 1.54) is 36.7 Å². The fourth-order valence-electron chi connectivity index (χ4n) is 2.85. The second-order valence-electron chi connectivity index (χ2n) is 7.13. The summed E-state index contributed by atoms with van der Waals surface area (Å²) in [6.07, 6.45) is -0.426. The Morgan fingerprint density at radius 2 is 1.83 bits per heavy atom. The molecule has 11 heteroatoms. The predicted molar refractivity (Wildman–Crippen MR) is 109 cm³/mol. The first-order valence-electron chi connectivity index (χ1n) is 9.62. The molecule has 2 amide bonds. The second-order valence-corrected chi connectivity index (χ2v) is 9.02. The summed E-state index contributed by atoms with van der Waals surface area (Å²) in [6.45, 7) is 4.59. The molecule has 0 aromatic heterocycles. The minimum atomic E-state index is -3.94. The largest absolute Gasteiger partial charge is 0.493 e. The third kappa shape index (κ3) is 5.83. The van der Waals surface area contributed by atoms with E-state index in [1.54, 1.807) is 0 Å². The highest BCUT2D eigenvalue weighted by atomic mass is 32.2. The molecule has 1 aliphatic rings. The van der Waals surface area contributed by atoms with Crippen LogP contribution in [0.4, 0.5) is 0 Å². The highest BCUT2D eigenvalue weighted by molar-refractivity contribution is 7.89. The fourth-order valence-corrected chi connectivity index (χ4v) is 4.43. The van der Waals surface area contributed by atoms with Crippen LogP contribution in [0.25, 0.3) is 0 Å². The lowest BCUT2D eigenvalue weighted by Gasteiger charge is -2.34. The van der Waals surface area contributed by atoms with Crippen molar-refractivity contribution in [2.45, 2.75) is 31.4 Å². The van der Waals surface area contributed by atoms with Gasteiger partial charge in [0, 0.05) is 19.2 Å². The van der Waals surface area contributed by atoms with Gasteiger partial charge in [0.2, 0.25) is 10.0 Å². The molecule has 1 heterocycles. The Morgan fingerprint density at radius 3 is 2.47 bits per heavy atom. The van der Waals surface area contributed by atoms with Crippen molar-refractivity contribution in [3.8, 4) is 11.5 Å². The number of nitrogens with zero attached hydrogens (tertiary/aromatic N) is 1. The molecule has 0 unspecified atom stereocenters. The number of methoxy groups -OCH3 is 2. The summed E-state index contributed by atoms with van der Waals surface area (Å²) in [5.74, 6) is -0.724. The van der Waals surface area contributed by atoms with Crippen molar-refractivity contribution < 1.29 is 32.2 Å². The summed E-state index contributed by atoms with van der Waals surface area (Å²) >= 11 is 0. The minimum absolute atomic E-state index is 0.0108. The summed E-state index contributed by atoms with van der Waals surface area (Å²) in [6, 6.07) is 4.30. The molecule has 1 aromatic carbocycles. The van der Waals surface area contributed by atoms with E-state index in [0.29, 0.717) is 25.3 Å². The van der Waals surface area contributed by atoms with E-state index in [0.717, 1.165) is 0 Å². The van der Waals surface area contributed by atoms with Crippen LogP contribution in [0.3, 0.4) is 0 Å². The summed E-state index contributed by atoms with van der Waals surface area (Å²) < 4.78 is 43.4. The van der Waals surface area contributed by atoms with Gasteiger partial charge in [0.1, 0.15) is 6.23 Å². The summed E-state index contributed by atoms with van der Waals surface area (Å²) in [5.41, 5.74) is 0. The number of benzene rings is 1. The molecule has 1 aliphatic heterocycles. The van der Waals surface area contributed by atoms with Gasteiger partial charge in [0.05, 0.1) is 32.3 Å². The number of hydrogen-bond acceptors (Lipinski definition) is 7. The second kappa shape index (κ2) is 10.6. The summed E-state index contributed by atoms with van der Waals surface area (Å²) in [7, 11) is -1.06. The first-order chi connectivity index (χ1) is 14.2. The number of ether oxygens (including phenoxy) is 3. The number of sulfonamides is 1. The average Bonchev–Trinajstić information content (AvgIpc) is 2.75. The normalized spacial score (nSPS) is 17.4. The van der Waals surface area contributed by atoms with Crippen LogP contribution >= 0.6 is 0 Å². The van der Waals surface area contributed by atoms with Gasteiger partial charge in [0.15, 0.2) is 11.5 Å². The molecule has 1 saturated heterocycles. The molecule has 2 rings (SSSR count). The number of carbonyl (C=O) groups is 2. The van der Waals surface area contributed by atoms with Gasteiger partial charge < -0.3 is 24.8 Å². The Hall–Kier alpha value is -2.37. The summed E-state index contributed by atoms with van der Waals surface area (Å²) in [5, 5.41) is 4.95. The number of amides is 2. The molecular formula is C19H29N3O7S. The average molecular weight is 444 g/mol. The number of hydrogen-bond donors (Lipinski definition) is 2. The Kier molecular flexibility index (Phi) is 8.44. The zero-order chi connectivity index (χ0) is 22.3. The molecule has 1 aromatic rings. The molecular weight excluding hydrogens is 414 g/mol. The van der Waals surface area contributed by atoms with Gasteiger partial charge in [-0.1, -0.05) is 13.8 Å². The van der Waals surface area contributed by atoms with Gasteiger partial charge in [0.25, 0.3) is 0 Å². The lowest BCUT2D eigenvalue weighted by Crippen LogP contribution is -2.53. The van der Waals surface area contributed by atoms with Gasteiger partial charge in [-0.25, -0.2) is 8.42 Å². The maximum Gasteiger partial charge on any atom is 0.309 e. The van der Waals surface area contributed by atoms with Crippen molar-refractivity contribution in [2.24, 2.45) is 5.92 Å². The molecule has 30 heavy (non-hydrogen) atoms. The van der Waals surface area contributed by atoms with Crippen LogP contribution in [-0.4, -0.2) is 71.2 Å². The van der Waals surface area contributed by atoms with Gasteiger partial charge in [-0.15, -0.1) is 0 Å². The van der Waals surface area contributed by atoms with E-state index in [1.807, 2.05) is 13.8 Å². The van der Waals surface area contributed by atoms with Crippen LogP contribution in [0, 0.1) is 5.92 Å². The molecule has 168 valence electrons. The Labute approximate surface area is 176 Å². The van der Waals surface area contributed by atoms with Crippen molar-refractivity contribution >= 4 is 21.8 Å². The fraction of sp³-hybridized carbons (Fsp3) is 0.579. The smallest absolute Gasteiger partial charge is 0.309 e.